The summed E-state index contributed by atoms with van der Waals surface area (Å²) in [6.45, 7) is 1.63. The number of carboxylic acids is 1. The first kappa shape index (κ1) is 19.9. The highest BCUT2D eigenvalue weighted by Crippen LogP contribution is 2.19. The normalized spacial score (nSPS) is 11.6. The molecule has 0 aliphatic heterocycles. The third-order valence-corrected chi connectivity index (χ3v) is 4.41. The number of urea groups is 1. The highest BCUT2D eigenvalue weighted by Gasteiger charge is 2.22. The second-order valence-electron chi connectivity index (χ2n) is 6.70. The van der Waals surface area contributed by atoms with E-state index in [0.29, 0.717) is 5.69 Å². The number of para-hydroxylation sites is 1. The van der Waals surface area contributed by atoms with Gasteiger partial charge in [-0.1, -0.05) is 30.3 Å². The minimum Gasteiger partial charge on any atom is -0.480 e. The molecule has 1 aromatic heterocycles. The fourth-order valence-electron chi connectivity index (χ4n) is 3.02. The van der Waals surface area contributed by atoms with Crippen LogP contribution in [-0.4, -0.2) is 40.6 Å². The van der Waals surface area contributed by atoms with E-state index in [9.17, 15) is 19.5 Å². The Labute approximate surface area is 167 Å². The summed E-state index contributed by atoms with van der Waals surface area (Å²) in [6.07, 6.45) is 1.84. The van der Waals surface area contributed by atoms with Gasteiger partial charge in [0.15, 0.2) is 0 Å². The number of benzene rings is 2. The van der Waals surface area contributed by atoms with Crippen molar-refractivity contribution in [2.24, 2.45) is 0 Å². The van der Waals surface area contributed by atoms with Crippen molar-refractivity contribution >= 4 is 34.5 Å². The minimum absolute atomic E-state index is 0.113. The molecule has 0 saturated heterocycles. The molecule has 29 heavy (non-hydrogen) atoms. The predicted molar refractivity (Wildman–Crippen MR) is 110 cm³/mol. The van der Waals surface area contributed by atoms with Crippen LogP contribution in [0.25, 0.3) is 10.9 Å². The Bertz CT molecular complexity index is 1040. The van der Waals surface area contributed by atoms with E-state index < -0.39 is 23.9 Å². The van der Waals surface area contributed by atoms with Gasteiger partial charge in [0.2, 0.25) is 5.91 Å². The van der Waals surface area contributed by atoms with Crippen molar-refractivity contribution in [2.75, 3.05) is 11.9 Å². The molecule has 0 fully saturated rings. The lowest BCUT2D eigenvalue weighted by Gasteiger charge is -2.15. The minimum atomic E-state index is -1.16. The lowest BCUT2D eigenvalue weighted by Crippen LogP contribution is -2.48. The van der Waals surface area contributed by atoms with Gasteiger partial charge >= 0.3 is 12.0 Å². The van der Waals surface area contributed by atoms with Gasteiger partial charge in [0.25, 0.3) is 0 Å². The average molecular weight is 394 g/mol. The summed E-state index contributed by atoms with van der Waals surface area (Å²) in [5.74, 6) is -1.57. The van der Waals surface area contributed by atoms with Crippen LogP contribution in [0.5, 0.6) is 0 Å². The van der Waals surface area contributed by atoms with E-state index in [1.807, 2.05) is 43.3 Å². The van der Waals surface area contributed by atoms with Gasteiger partial charge in [-0.3, -0.25) is 4.79 Å². The molecule has 3 rings (SSSR count). The Kier molecular flexibility index (Phi) is 6.13. The fraction of sp³-hybridized carbons (Fsp3) is 0.190. The van der Waals surface area contributed by atoms with E-state index in [4.69, 9.17) is 0 Å². The fourth-order valence-corrected chi connectivity index (χ4v) is 3.02. The summed E-state index contributed by atoms with van der Waals surface area (Å²) < 4.78 is 0. The van der Waals surface area contributed by atoms with Gasteiger partial charge in [-0.2, -0.15) is 0 Å². The van der Waals surface area contributed by atoms with Gasteiger partial charge in [0.05, 0.1) is 6.54 Å². The van der Waals surface area contributed by atoms with Gasteiger partial charge in [0.1, 0.15) is 6.04 Å². The Hall–Kier alpha value is -3.81. The molecule has 0 aliphatic carbocycles. The third-order valence-electron chi connectivity index (χ3n) is 4.41. The zero-order valence-corrected chi connectivity index (χ0v) is 15.9. The molecule has 1 heterocycles. The van der Waals surface area contributed by atoms with E-state index in [0.717, 1.165) is 22.0 Å². The molecular weight excluding hydrogens is 372 g/mol. The van der Waals surface area contributed by atoms with Crippen LogP contribution in [0.2, 0.25) is 0 Å². The first-order chi connectivity index (χ1) is 13.9. The number of H-pyrrole nitrogens is 1. The van der Waals surface area contributed by atoms with Crippen LogP contribution >= 0.6 is 0 Å². The van der Waals surface area contributed by atoms with Crippen molar-refractivity contribution in [3.8, 4) is 0 Å². The largest absolute Gasteiger partial charge is 0.480 e. The van der Waals surface area contributed by atoms with Crippen molar-refractivity contribution in [3.05, 3.63) is 65.9 Å². The summed E-state index contributed by atoms with van der Waals surface area (Å²) in [5.41, 5.74) is 3.30. The Balaban J connectivity index is 1.54. The summed E-state index contributed by atoms with van der Waals surface area (Å²) in [4.78, 5) is 38.7. The predicted octanol–water partition coefficient (Wildman–Crippen LogP) is 2.41. The standard InChI is InChI=1S/C21H22N4O4/c1-13-5-4-6-15(9-13)24-19(26)12-23-21(29)25-18(20(27)28)10-14-11-22-17-8-3-2-7-16(14)17/h2-9,11,18,22H,10,12H2,1H3,(H,24,26)(H,27,28)(H2,23,25,29)/t18-/m0/s1. The molecule has 0 saturated carbocycles. The van der Waals surface area contributed by atoms with Crippen molar-refractivity contribution < 1.29 is 19.5 Å². The highest BCUT2D eigenvalue weighted by molar-refractivity contribution is 5.95. The van der Waals surface area contributed by atoms with Gasteiger partial charge in [-0.05, 0) is 36.2 Å². The summed E-state index contributed by atoms with van der Waals surface area (Å²) in [5, 5.41) is 17.8. The van der Waals surface area contributed by atoms with Crippen molar-refractivity contribution in [2.45, 2.75) is 19.4 Å². The second kappa shape index (κ2) is 8.92. The second-order valence-corrected chi connectivity index (χ2v) is 6.70. The molecule has 0 aliphatic rings. The third kappa shape index (κ3) is 5.35. The number of fused-ring (bicyclic) bond motifs is 1. The number of carboxylic acid groups (broad SMARTS) is 1. The summed E-state index contributed by atoms with van der Waals surface area (Å²) in [7, 11) is 0. The number of carbonyl (C=O) groups is 3. The van der Waals surface area contributed by atoms with E-state index in [-0.39, 0.29) is 13.0 Å². The maximum absolute atomic E-state index is 12.1. The molecule has 3 aromatic rings. The number of amides is 3. The number of carbonyl (C=O) groups excluding carboxylic acids is 2. The van der Waals surface area contributed by atoms with Gasteiger partial charge in [-0.15, -0.1) is 0 Å². The van der Waals surface area contributed by atoms with Crippen molar-refractivity contribution in [1.82, 2.24) is 15.6 Å². The number of aromatic amines is 1. The lowest BCUT2D eigenvalue weighted by atomic mass is 10.1. The lowest BCUT2D eigenvalue weighted by molar-refractivity contribution is -0.139. The van der Waals surface area contributed by atoms with Crippen LogP contribution in [0.3, 0.4) is 0 Å². The molecule has 3 amide bonds. The number of nitrogens with one attached hydrogen (secondary N) is 4. The van der Waals surface area contributed by atoms with Crippen molar-refractivity contribution in [3.63, 3.8) is 0 Å². The number of hydrogen-bond acceptors (Lipinski definition) is 3. The SMILES string of the molecule is Cc1cccc(NC(=O)CNC(=O)N[C@@H](Cc2c[nH]c3ccccc23)C(=O)O)c1. The quantitative estimate of drug-likeness (QED) is 0.422. The van der Waals surface area contributed by atoms with Gasteiger partial charge < -0.3 is 26.0 Å². The van der Waals surface area contributed by atoms with Crippen LogP contribution in [0.15, 0.2) is 54.7 Å². The molecule has 1 atom stereocenters. The molecule has 8 nitrogen and oxygen atoms in total. The molecule has 2 aromatic carbocycles. The van der Waals surface area contributed by atoms with Crippen LogP contribution in [0, 0.1) is 6.92 Å². The Morgan fingerprint density at radius 2 is 1.90 bits per heavy atom. The van der Waals surface area contributed by atoms with Crippen molar-refractivity contribution in [1.29, 1.82) is 0 Å². The van der Waals surface area contributed by atoms with Gasteiger partial charge in [-0.25, -0.2) is 9.59 Å². The first-order valence-corrected chi connectivity index (χ1v) is 9.11. The molecule has 8 heteroatoms. The molecular formula is C21H22N4O4. The maximum atomic E-state index is 12.1. The topological polar surface area (TPSA) is 123 Å². The molecule has 0 unspecified atom stereocenters. The molecule has 5 N–H and O–H groups in total. The summed E-state index contributed by atoms with van der Waals surface area (Å²) in [6, 6.07) is 12.9. The molecule has 0 radical (unpaired) electrons. The van der Waals surface area contributed by atoms with Crippen LogP contribution in [0.4, 0.5) is 10.5 Å². The van der Waals surface area contributed by atoms with Gasteiger partial charge in [0, 0.05) is 29.2 Å². The maximum Gasteiger partial charge on any atom is 0.326 e. The zero-order chi connectivity index (χ0) is 20.8. The monoisotopic (exact) mass is 394 g/mol. The number of aromatic nitrogens is 1. The molecule has 0 bridgehead atoms. The van der Waals surface area contributed by atoms with E-state index >= 15 is 0 Å². The smallest absolute Gasteiger partial charge is 0.326 e. The molecule has 0 spiro atoms. The highest BCUT2D eigenvalue weighted by atomic mass is 16.4. The van der Waals surface area contributed by atoms with E-state index in [2.05, 4.69) is 20.9 Å². The average Bonchev–Trinajstić information content (AvgIpc) is 3.09. The number of aliphatic carboxylic acids is 1. The summed E-state index contributed by atoms with van der Waals surface area (Å²) >= 11 is 0. The molecule has 150 valence electrons. The number of rotatable bonds is 7. The Morgan fingerprint density at radius 1 is 1.10 bits per heavy atom. The zero-order valence-electron chi connectivity index (χ0n) is 15.9. The van der Waals surface area contributed by atoms with Crippen LogP contribution in [-0.2, 0) is 16.0 Å². The number of anilines is 1. The van der Waals surface area contributed by atoms with E-state index in [1.165, 1.54) is 0 Å². The number of aryl methyl sites for hydroxylation is 1. The van der Waals surface area contributed by atoms with E-state index in [1.54, 1.807) is 18.3 Å². The first-order valence-electron chi connectivity index (χ1n) is 9.11. The van der Waals surface area contributed by atoms with Crippen LogP contribution in [0.1, 0.15) is 11.1 Å². The Morgan fingerprint density at radius 3 is 2.66 bits per heavy atom. The number of hydrogen-bond donors (Lipinski definition) is 5. The van der Waals surface area contributed by atoms with Crippen LogP contribution < -0.4 is 16.0 Å².